The van der Waals surface area contributed by atoms with Gasteiger partial charge in [-0.3, -0.25) is 19.1 Å². The highest BCUT2D eigenvalue weighted by molar-refractivity contribution is 6.04. The molecular formula is C35H37N5O5. The van der Waals surface area contributed by atoms with Crippen molar-refractivity contribution in [1.29, 1.82) is 0 Å². The number of ether oxygens (including phenoxy) is 2. The van der Waals surface area contributed by atoms with E-state index in [4.69, 9.17) is 9.47 Å². The molecule has 2 bridgehead atoms. The Morgan fingerprint density at radius 3 is 2.58 bits per heavy atom. The Morgan fingerprint density at radius 1 is 0.978 bits per heavy atom. The molecule has 1 fully saturated rings. The van der Waals surface area contributed by atoms with Crippen LogP contribution in [0.4, 0.5) is 0 Å². The fraction of sp³-hybridized carbons (Fsp3) is 0.314. The highest BCUT2D eigenvalue weighted by Gasteiger charge is 2.40. The van der Waals surface area contributed by atoms with Gasteiger partial charge in [0.25, 0.3) is 5.91 Å². The lowest BCUT2D eigenvalue weighted by molar-refractivity contribution is -0.126. The molecule has 10 nitrogen and oxygen atoms in total. The molecular weight excluding hydrogens is 570 g/mol. The zero-order valence-electron chi connectivity index (χ0n) is 25.5. The first-order valence-electron chi connectivity index (χ1n) is 15.2. The lowest BCUT2D eigenvalue weighted by Crippen LogP contribution is -2.39. The number of methoxy groups -OCH3 is 1. The summed E-state index contributed by atoms with van der Waals surface area (Å²) in [5.41, 5.74) is 3.08. The molecule has 6 rings (SSSR count). The van der Waals surface area contributed by atoms with Crippen molar-refractivity contribution < 1.29 is 23.9 Å². The summed E-state index contributed by atoms with van der Waals surface area (Å²) in [5.74, 6) is -0.0351. The lowest BCUT2D eigenvalue weighted by atomic mass is 9.88. The van der Waals surface area contributed by atoms with Gasteiger partial charge in [-0.25, -0.2) is 0 Å². The van der Waals surface area contributed by atoms with E-state index in [1.165, 1.54) is 0 Å². The third-order valence-corrected chi connectivity index (χ3v) is 8.57. The number of carbonyl (C=O) groups excluding carboxylic acids is 3. The molecule has 3 heterocycles. The minimum atomic E-state index is -0.444. The predicted octanol–water partition coefficient (Wildman–Crippen LogP) is 3.88. The van der Waals surface area contributed by atoms with Crippen molar-refractivity contribution >= 4 is 34.7 Å². The van der Waals surface area contributed by atoms with Crippen LogP contribution in [0.15, 0.2) is 78.9 Å². The van der Waals surface area contributed by atoms with Crippen molar-refractivity contribution in [1.82, 2.24) is 24.9 Å². The van der Waals surface area contributed by atoms with Crippen molar-refractivity contribution in [2.45, 2.75) is 12.3 Å². The Labute approximate surface area is 262 Å². The van der Waals surface area contributed by atoms with E-state index in [1.807, 2.05) is 79.8 Å². The highest BCUT2D eigenvalue weighted by Crippen LogP contribution is 2.38. The van der Waals surface area contributed by atoms with Crippen LogP contribution in [0, 0.1) is 5.92 Å². The van der Waals surface area contributed by atoms with Crippen LogP contribution in [0.25, 0.3) is 17.0 Å². The quantitative estimate of drug-likeness (QED) is 0.353. The molecule has 232 valence electrons. The summed E-state index contributed by atoms with van der Waals surface area (Å²) in [6.45, 7) is 2.08. The SMILES string of the molecule is COc1ccc2cc1OCCN(C(=O)c1nn(C)c3ccccc13)CCCNC(=O)[C@H]1CN(C(=O)/C=C/c3ccccc3)C[C@H]21. The molecule has 1 N–H and O–H groups in total. The van der Waals surface area contributed by atoms with Gasteiger partial charge in [0.05, 0.1) is 25.1 Å². The van der Waals surface area contributed by atoms with Crippen molar-refractivity contribution in [3.05, 3.63) is 95.7 Å². The van der Waals surface area contributed by atoms with Gasteiger partial charge >= 0.3 is 0 Å². The summed E-state index contributed by atoms with van der Waals surface area (Å²) in [6.07, 6.45) is 3.91. The fourth-order valence-electron chi connectivity index (χ4n) is 6.18. The van der Waals surface area contributed by atoms with Gasteiger partial charge in [-0.05, 0) is 41.8 Å². The number of hydrogen-bond acceptors (Lipinski definition) is 6. The molecule has 4 aromatic rings. The maximum Gasteiger partial charge on any atom is 0.275 e. The first-order valence-corrected chi connectivity index (χ1v) is 15.2. The number of carbonyl (C=O) groups is 3. The van der Waals surface area contributed by atoms with E-state index >= 15 is 0 Å². The number of aryl methyl sites for hydroxylation is 1. The summed E-state index contributed by atoms with van der Waals surface area (Å²) in [5, 5.41) is 8.40. The molecule has 0 aliphatic carbocycles. The molecule has 0 spiro atoms. The van der Waals surface area contributed by atoms with Crippen molar-refractivity contribution in [3.63, 3.8) is 0 Å². The van der Waals surface area contributed by atoms with Gasteiger partial charge in [0, 0.05) is 50.6 Å². The van der Waals surface area contributed by atoms with Gasteiger partial charge < -0.3 is 24.6 Å². The first-order chi connectivity index (χ1) is 21.9. The second-order valence-corrected chi connectivity index (χ2v) is 11.4. The third kappa shape index (κ3) is 6.40. The monoisotopic (exact) mass is 607 g/mol. The van der Waals surface area contributed by atoms with Gasteiger partial charge in [0.1, 0.15) is 6.61 Å². The number of hydrogen-bond donors (Lipinski definition) is 1. The fourth-order valence-corrected chi connectivity index (χ4v) is 6.18. The lowest BCUT2D eigenvalue weighted by Gasteiger charge is -2.24. The zero-order chi connectivity index (χ0) is 31.3. The number of benzene rings is 3. The molecule has 10 heteroatoms. The Morgan fingerprint density at radius 2 is 1.76 bits per heavy atom. The van der Waals surface area contributed by atoms with Gasteiger partial charge in [0.2, 0.25) is 11.8 Å². The summed E-state index contributed by atoms with van der Waals surface area (Å²) >= 11 is 0. The molecule has 2 aliphatic rings. The second-order valence-electron chi connectivity index (χ2n) is 11.4. The van der Waals surface area contributed by atoms with E-state index < -0.39 is 5.92 Å². The maximum atomic E-state index is 13.8. The average Bonchev–Trinajstić information content (AvgIpc) is 3.66. The molecule has 0 radical (unpaired) electrons. The standard InChI is InChI=1S/C35H37N5O5/c1-38-29-12-7-6-11-26(29)33(37-38)35(43)39-18-8-17-36-34(42)28-23-40(32(41)16-13-24-9-4-3-5-10-24)22-27(28)25-14-15-30(44-2)31(21-25)45-20-19-39/h3-7,9-16,21,27-28H,8,17-20,22-23H2,1-2H3,(H,36,42)/b16-13+/t27-,28+/m1/s1. The minimum absolute atomic E-state index is 0.119. The van der Waals surface area contributed by atoms with Gasteiger partial charge in [-0.1, -0.05) is 54.6 Å². The summed E-state index contributed by atoms with van der Waals surface area (Å²) in [4.78, 5) is 44.0. The van der Waals surface area contributed by atoms with Crippen LogP contribution >= 0.6 is 0 Å². The van der Waals surface area contributed by atoms with E-state index in [9.17, 15) is 14.4 Å². The highest BCUT2D eigenvalue weighted by atomic mass is 16.5. The average molecular weight is 608 g/mol. The van der Waals surface area contributed by atoms with E-state index in [2.05, 4.69) is 10.4 Å². The number of nitrogens with zero attached hydrogens (tertiary/aromatic N) is 4. The number of para-hydroxylation sites is 1. The van der Waals surface area contributed by atoms with Crippen LogP contribution in [0.3, 0.4) is 0 Å². The van der Waals surface area contributed by atoms with Crippen LogP contribution < -0.4 is 14.8 Å². The van der Waals surface area contributed by atoms with E-state index in [1.54, 1.807) is 33.7 Å². The first kappa shape index (κ1) is 29.9. The van der Waals surface area contributed by atoms with E-state index in [-0.39, 0.29) is 30.2 Å². The summed E-state index contributed by atoms with van der Waals surface area (Å²) < 4.78 is 13.5. The predicted molar refractivity (Wildman–Crippen MR) is 171 cm³/mol. The molecule has 2 aliphatic heterocycles. The molecule has 2 atom stereocenters. The number of amides is 3. The molecule has 3 aromatic carbocycles. The van der Waals surface area contributed by atoms with Crippen molar-refractivity contribution in [2.24, 2.45) is 13.0 Å². The van der Waals surface area contributed by atoms with Crippen LogP contribution in [-0.2, 0) is 16.6 Å². The minimum Gasteiger partial charge on any atom is -0.493 e. The van der Waals surface area contributed by atoms with E-state index in [0.717, 1.165) is 22.0 Å². The molecule has 0 unspecified atom stereocenters. The van der Waals surface area contributed by atoms with Gasteiger partial charge in [0.15, 0.2) is 17.2 Å². The van der Waals surface area contributed by atoms with Crippen LogP contribution in [0.1, 0.15) is 34.0 Å². The summed E-state index contributed by atoms with van der Waals surface area (Å²) in [6, 6.07) is 22.9. The Bertz CT molecular complexity index is 1730. The number of nitrogens with one attached hydrogen (secondary N) is 1. The Balaban J connectivity index is 1.24. The van der Waals surface area contributed by atoms with Crippen molar-refractivity contribution in [3.8, 4) is 11.5 Å². The number of aromatic nitrogens is 2. The molecule has 1 saturated heterocycles. The smallest absolute Gasteiger partial charge is 0.275 e. The molecule has 1 aromatic heterocycles. The van der Waals surface area contributed by atoms with Crippen LogP contribution in [0.2, 0.25) is 0 Å². The molecule has 0 saturated carbocycles. The normalized spacial score (nSPS) is 19.1. The molecule has 3 amide bonds. The molecule has 45 heavy (non-hydrogen) atoms. The largest absolute Gasteiger partial charge is 0.493 e. The number of likely N-dealkylation sites (tertiary alicyclic amines) is 1. The topological polar surface area (TPSA) is 106 Å². The Hall–Kier alpha value is -5.12. The van der Waals surface area contributed by atoms with Crippen LogP contribution in [-0.4, -0.2) is 83.7 Å². The van der Waals surface area contributed by atoms with Crippen molar-refractivity contribution in [2.75, 3.05) is 46.4 Å². The summed E-state index contributed by atoms with van der Waals surface area (Å²) in [7, 11) is 3.40. The second kappa shape index (κ2) is 13.3. The third-order valence-electron chi connectivity index (χ3n) is 8.57. The van der Waals surface area contributed by atoms with Crippen LogP contribution in [0.5, 0.6) is 11.5 Å². The number of fused-ring (bicyclic) bond motifs is 5. The van der Waals surface area contributed by atoms with Gasteiger partial charge in [-0.2, -0.15) is 5.10 Å². The van der Waals surface area contributed by atoms with Gasteiger partial charge in [-0.15, -0.1) is 0 Å². The Kier molecular flexibility index (Phi) is 8.81. The number of rotatable bonds is 4. The van der Waals surface area contributed by atoms with E-state index in [0.29, 0.717) is 56.3 Å². The maximum absolute atomic E-state index is 13.8. The zero-order valence-corrected chi connectivity index (χ0v) is 25.5.